The Hall–Kier alpha value is -0.810. The number of urea groups is 1. The van der Waals surface area contributed by atoms with Crippen LogP contribution in [0, 0.1) is 0 Å². The predicted molar refractivity (Wildman–Crippen MR) is 84.5 cm³/mol. The van der Waals surface area contributed by atoms with Gasteiger partial charge in [0.1, 0.15) is 0 Å². The average molecular weight is 297 g/mol. The zero-order valence-corrected chi connectivity index (χ0v) is 13.6. The number of amides is 2. The second kappa shape index (κ2) is 7.99. The number of nitrogens with one attached hydrogen (secondary N) is 2. The number of carbonyl (C=O) groups is 1. The van der Waals surface area contributed by atoms with Crippen molar-refractivity contribution in [2.24, 2.45) is 0 Å². The first kappa shape index (κ1) is 16.6. The zero-order valence-electron chi connectivity index (χ0n) is 13.6. The van der Waals surface area contributed by atoms with Gasteiger partial charge in [-0.05, 0) is 39.8 Å². The maximum absolute atomic E-state index is 12.1. The van der Waals surface area contributed by atoms with Crippen molar-refractivity contribution >= 4 is 6.03 Å². The summed E-state index contributed by atoms with van der Waals surface area (Å²) in [6.07, 6.45) is 9.38. The van der Waals surface area contributed by atoms with Crippen molar-refractivity contribution in [2.45, 2.75) is 62.9 Å². The topological polar surface area (TPSA) is 53.6 Å². The normalized spacial score (nSPS) is 23.6. The Kier molecular flexibility index (Phi) is 6.30. The fourth-order valence-corrected chi connectivity index (χ4v) is 3.49. The van der Waals surface area contributed by atoms with E-state index in [0.29, 0.717) is 0 Å². The van der Waals surface area contributed by atoms with Crippen LogP contribution in [0.2, 0.25) is 0 Å². The van der Waals surface area contributed by atoms with Gasteiger partial charge in [0.25, 0.3) is 0 Å². The fraction of sp³-hybridized carbons (Fsp3) is 0.938. The van der Waals surface area contributed by atoms with Crippen molar-refractivity contribution in [3.8, 4) is 0 Å². The molecule has 2 rings (SSSR count). The highest BCUT2D eigenvalue weighted by Gasteiger charge is 2.33. The van der Waals surface area contributed by atoms with Gasteiger partial charge in [-0.15, -0.1) is 0 Å². The first-order valence-corrected chi connectivity index (χ1v) is 8.42. The zero-order chi connectivity index (χ0) is 15.1. The molecule has 5 nitrogen and oxygen atoms in total. The molecule has 122 valence electrons. The number of hydrogen-bond donors (Lipinski definition) is 2. The predicted octanol–water partition coefficient (Wildman–Crippen LogP) is 2.12. The molecule has 2 fully saturated rings. The number of hydrogen-bond acceptors (Lipinski definition) is 3. The lowest BCUT2D eigenvalue weighted by atomic mass is 9.89. The summed E-state index contributed by atoms with van der Waals surface area (Å²) in [6.45, 7) is 2.26. The van der Waals surface area contributed by atoms with E-state index in [1.165, 1.54) is 38.5 Å². The SMILES string of the molecule is CN(C)C1(CNC(=O)NC2CCOCC2)CCCCCC1. The Bertz CT molecular complexity index is 319. The van der Waals surface area contributed by atoms with E-state index in [4.69, 9.17) is 4.74 Å². The minimum absolute atomic E-state index is 0.0210. The molecule has 1 aliphatic carbocycles. The van der Waals surface area contributed by atoms with Gasteiger partial charge in [-0.1, -0.05) is 25.7 Å². The van der Waals surface area contributed by atoms with Gasteiger partial charge in [-0.25, -0.2) is 4.79 Å². The van der Waals surface area contributed by atoms with Crippen molar-refractivity contribution in [1.82, 2.24) is 15.5 Å². The highest BCUT2D eigenvalue weighted by atomic mass is 16.5. The maximum Gasteiger partial charge on any atom is 0.315 e. The van der Waals surface area contributed by atoms with E-state index in [2.05, 4.69) is 29.6 Å². The third kappa shape index (κ3) is 4.85. The standard InChI is InChI=1S/C16H31N3O2/c1-19(2)16(9-5-3-4-6-10-16)13-17-15(20)18-14-7-11-21-12-8-14/h14H,3-13H2,1-2H3,(H2,17,18,20). The molecule has 0 spiro atoms. The van der Waals surface area contributed by atoms with Crippen LogP contribution in [0.3, 0.4) is 0 Å². The molecule has 1 heterocycles. The van der Waals surface area contributed by atoms with Crippen molar-refractivity contribution in [2.75, 3.05) is 33.9 Å². The van der Waals surface area contributed by atoms with E-state index < -0.39 is 0 Å². The van der Waals surface area contributed by atoms with Crippen LogP contribution in [0.1, 0.15) is 51.4 Å². The molecule has 0 aromatic rings. The smallest absolute Gasteiger partial charge is 0.315 e. The fourth-order valence-electron chi connectivity index (χ4n) is 3.49. The summed E-state index contributed by atoms with van der Waals surface area (Å²) in [5.41, 5.74) is 0.128. The first-order chi connectivity index (χ1) is 10.1. The lowest BCUT2D eigenvalue weighted by Gasteiger charge is -2.40. The molecule has 2 amide bonds. The molecule has 0 unspecified atom stereocenters. The monoisotopic (exact) mass is 297 g/mol. The van der Waals surface area contributed by atoms with Crippen molar-refractivity contribution in [3.05, 3.63) is 0 Å². The minimum atomic E-state index is -0.0210. The van der Waals surface area contributed by atoms with Gasteiger partial charge in [0, 0.05) is 31.3 Å². The Labute approximate surface area is 128 Å². The lowest BCUT2D eigenvalue weighted by Crippen LogP contribution is -2.55. The van der Waals surface area contributed by atoms with E-state index in [0.717, 1.165) is 32.6 Å². The highest BCUT2D eigenvalue weighted by molar-refractivity contribution is 5.74. The Morgan fingerprint density at radius 1 is 1.14 bits per heavy atom. The number of ether oxygens (including phenoxy) is 1. The molecule has 1 saturated carbocycles. The van der Waals surface area contributed by atoms with Crippen LogP contribution in [0.4, 0.5) is 4.79 Å². The second-order valence-corrected chi connectivity index (χ2v) is 6.75. The van der Waals surface area contributed by atoms with E-state index in [9.17, 15) is 4.79 Å². The van der Waals surface area contributed by atoms with Gasteiger partial charge in [0.05, 0.1) is 0 Å². The van der Waals surface area contributed by atoms with Crippen molar-refractivity contribution in [1.29, 1.82) is 0 Å². The Balaban J connectivity index is 1.81. The molecule has 0 bridgehead atoms. The molecule has 0 atom stereocenters. The summed E-state index contributed by atoms with van der Waals surface area (Å²) >= 11 is 0. The van der Waals surface area contributed by atoms with Crippen LogP contribution in [-0.4, -0.2) is 56.4 Å². The molecule has 2 N–H and O–H groups in total. The van der Waals surface area contributed by atoms with E-state index in [1.807, 2.05) is 0 Å². The second-order valence-electron chi connectivity index (χ2n) is 6.75. The summed E-state index contributed by atoms with van der Waals surface area (Å²) in [5, 5.41) is 6.20. The maximum atomic E-state index is 12.1. The molecule has 1 aliphatic heterocycles. The largest absolute Gasteiger partial charge is 0.381 e. The molecule has 0 radical (unpaired) electrons. The summed E-state index contributed by atoms with van der Waals surface area (Å²) in [7, 11) is 4.28. The van der Waals surface area contributed by atoms with Crippen LogP contribution in [-0.2, 0) is 4.74 Å². The van der Waals surface area contributed by atoms with E-state index >= 15 is 0 Å². The highest BCUT2D eigenvalue weighted by Crippen LogP contribution is 2.30. The van der Waals surface area contributed by atoms with Gasteiger partial charge >= 0.3 is 6.03 Å². The third-order valence-corrected chi connectivity index (χ3v) is 5.12. The lowest BCUT2D eigenvalue weighted by molar-refractivity contribution is 0.0794. The van der Waals surface area contributed by atoms with Crippen LogP contribution in [0.15, 0.2) is 0 Å². The van der Waals surface area contributed by atoms with Crippen molar-refractivity contribution in [3.63, 3.8) is 0 Å². The number of carbonyl (C=O) groups excluding carboxylic acids is 1. The van der Waals surface area contributed by atoms with Gasteiger partial charge in [-0.2, -0.15) is 0 Å². The van der Waals surface area contributed by atoms with Crippen LogP contribution in [0.25, 0.3) is 0 Å². The van der Waals surface area contributed by atoms with E-state index in [-0.39, 0.29) is 17.6 Å². The van der Waals surface area contributed by atoms with Gasteiger partial charge in [0.2, 0.25) is 0 Å². The van der Waals surface area contributed by atoms with Crippen molar-refractivity contribution < 1.29 is 9.53 Å². The molecular weight excluding hydrogens is 266 g/mol. The molecule has 0 aromatic carbocycles. The van der Waals surface area contributed by atoms with Gasteiger partial charge in [-0.3, -0.25) is 0 Å². The van der Waals surface area contributed by atoms with Crippen LogP contribution >= 0.6 is 0 Å². The van der Waals surface area contributed by atoms with Gasteiger partial charge in [0.15, 0.2) is 0 Å². The third-order valence-electron chi connectivity index (χ3n) is 5.12. The Morgan fingerprint density at radius 3 is 2.33 bits per heavy atom. The van der Waals surface area contributed by atoms with E-state index in [1.54, 1.807) is 0 Å². The molecule has 5 heteroatoms. The number of nitrogens with zero attached hydrogens (tertiary/aromatic N) is 1. The molecular formula is C16H31N3O2. The molecule has 1 saturated heterocycles. The van der Waals surface area contributed by atoms with Crippen LogP contribution in [0.5, 0.6) is 0 Å². The summed E-state index contributed by atoms with van der Waals surface area (Å²) in [6, 6.07) is 0.246. The van der Waals surface area contributed by atoms with Crippen LogP contribution < -0.4 is 10.6 Å². The molecule has 0 aromatic heterocycles. The molecule has 2 aliphatic rings. The first-order valence-electron chi connectivity index (χ1n) is 8.42. The minimum Gasteiger partial charge on any atom is -0.381 e. The summed E-state index contributed by atoms with van der Waals surface area (Å²) < 4.78 is 5.32. The quantitative estimate of drug-likeness (QED) is 0.782. The Morgan fingerprint density at radius 2 is 1.76 bits per heavy atom. The summed E-state index contributed by atoms with van der Waals surface area (Å²) in [5.74, 6) is 0. The van der Waals surface area contributed by atoms with Gasteiger partial charge < -0.3 is 20.3 Å². The number of likely N-dealkylation sites (N-methyl/N-ethyl adjacent to an activating group) is 1. The molecule has 21 heavy (non-hydrogen) atoms. The average Bonchev–Trinajstić information content (AvgIpc) is 2.73. The number of rotatable bonds is 4. The summed E-state index contributed by atoms with van der Waals surface area (Å²) in [4.78, 5) is 14.4.